The maximum atomic E-state index is 12.1. The van der Waals surface area contributed by atoms with Crippen molar-refractivity contribution in [1.29, 1.82) is 0 Å². The highest BCUT2D eigenvalue weighted by Crippen LogP contribution is 2.12. The average Bonchev–Trinajstić information content (AvgIpc) is 2.60. The van der Waals surface area contributed by atoms with E-state index >= 15 is 0 Å². The average molecular weight is 348 g/mol. The molecule has 0 spiro atoms. The van der Waals surface area contributed by atoms with Crippen molar-refractivity contribution in [2.75, 3.05) is 7.11 Å². The highest BCUT2D eigenvalue weighted by atomic mass is 32.2. The molecule has 0 unspecified atom stereocenters. The summed E-state index contributed by atoms with van der Waals surface area (Å²) < 4.78 is 29.2. The van der Waals surface area contributed by atoms with Crippen LogP contribution in [-0.4, -0.2) is 27.2 Å². The van der Waals surface area contributed by atoms with Gasteiger partial charge in [0.1, 0.15) is 5.75 Å². The number of nitrogens with one attached hydrogen (secondary N) is 2. The first-order chi connectivity index (χ1) is 11.3. The number of ether oxygens (including phenoxy) is 1. The molecule has 7 nitrogen and oxygen atoms in total. The van der Waals surface area contributed by atoms with Crippen molar-refractivity contribution in [3.63, 3.8) is 0 Å². The number of hydrogen-bond donors (Lipinski definition) is 2. The van der Waals surface area contributed by atoms with Crippen molar-refractivity contribution in [2.24, 2.45) is 0 Å². The van der Waals surface area contributed by atoms with Crippen molar-refractivity contribution in [2.45, 2.75) is 11.8 Å². The summed E-state index contributed by atoms with van der Waals surface area (Å²) in [6, 6.07) is 11.6. The Bertz CT molecular complexity index is 843. The number of hydrazine groups is 1. The SMILES string of the molecule is COc1ccc(C(=O)NNS(=O)(=O)c2ccc(C(C)=O)cc2)cc1. The second-order valence-corrected chi connectivity index (χ2v) is 6.55. The molecule has 24 heavy (non-hydrogen) atoms. The molecule has 8 heteroatoms. The van der Waals surface area contributed by atoms with E-state index in [2.05, 4.69) is 5.43 Å². The number of amides is 1. The lowest BCUT2D eigenvalue weighted by Crippen LogP contribution is -2.41. The molecule has 0 aliphatic heterocycles. The van der Waals surface area contributed by atoms with E-state index in [1.165, 1.54) is 50.4 Å². The quantitative estimate of drug-likeness (QED) is 0.609. The summed E-state index contributed by atoms with van der Waals surface area (Å²) in [5.74, 6) is -0.195. The maximum Gasteiger partial charge on any atom is 0.266 e. The van der Waals surface area contributed by atoms with E-state index in [0.717, 1.165) is 0 Å². The van der Waals surface area contributed by atoms with Gasteiger partial charge < -0.3 is 4.74 Å². The summed E-state index contributed by atoms with van der Waals surface area (Å²) >= 11 is 0. The van der Waals surface area contributed by atoms with Crippen LogP contribution in [0.2, 0.25) is 0 Å². The monoisotopic (exact) mass is 348 g/mol. The molecule has 2 aromatic carbocycles. The number of hydrogen-bond acceptors (Lipinski definition) is 5. The van der Waals surface area contributed by atoms with E-state index < -0.39 is 15.9 Å². The Hall–Kier alpha value is -2.71. The normalized spacial score (nSPS) is 10.9. The number of sulfonamides is 1. The fourth-order valence-corrected chi connectivity index (χ4v) is 2.70. The Morgan fingerprint density at radius 1 is 0.917 bits per heavy atom. The number of Topliss-reactive ketones (excluding diaryl/α,β-unsaturated/α-hetero) is 1. The highest BCUT2D eigenvalue weighted by Gasteiger charge is 2.16. The second kappa shape index (κ2) is 7.24. The largest absolute Gasteiger partial charge is 0.497 e. The van der Waals surface area contributed by atoms with E-state index in [9.17, 15) is 18.0 Å². The first-order valence-corrected chi connectivity index (χ1v) is 8.39. The van der Waals surface area contributed by atoms with Crippen LogP contribution in [0.3, 0.4) is 0 Å². The number of benzene rings is 2. The van der Waals surface area contributed by atoms with Gasteiger partial charge in [0.2, 0.25) is 0 Å². The maximum absolute atomic E-state index is 12.1. The van der Waals surface area contributed by atoms with E-state index in [0.29, 0.717) is 11.3 Å². The zero-order chi connectivity index (χ0) is 17.7. The fraction of sp³-hybridized carbons (Fsp3) is 0.125. The number of methoxy groups -OCH3 is 1. The molecule has 0 saturated heterocycles. The smallest absolute Gasteiger partial charge is 0.266 e. The Morgan fingerprint density at radius 2 is 1.46 bits per heavy atom. The molecule has 2 N–H and O–H groups in total. The molecule has 0 radical (unpaired) electrons. The van der Waals surface area contributed by atoms with Crippen molar-refractivity contribution in [3.05, 3.63) is 59.7 Å². The van der Waals surface area contributed by atoms with Gasteiger partial charge in [-0.1, -0.05) is 12.1 Å². The van der Waals surface area contributed by atoms with Crippen molar-refractivity contribution >= 4 is 21.7 Å². The Balaban J connectivity index is 2.05. The summed E-state index contributed by atoms with van der Waals surface area (Å²) in [4.78, 5) is 25.1. The molecule has 0 bridgehead atoms. The lowest BCUT2D eigenvalue weighted by molar-refractivity contribution is 0.0944. The molecule has 0 aliphatic rings. The predicted octanol–water partition coefficient (Wildman–Crippen LogP) is 1.52. The topological polar surface area (TPSA) is 102 Å². The third kappa shape index (κ3) is 4.18. The first-order valence-electron chi connectivity index (χ1n) is 6.90. The summed E-state index contributed by atoms with van der Waals surface area (Å²) in [6.45, 7) is 1.39. The fourth-order valence-electron chi connectivity index (χ4n) is 1.86. The molecular formula is C16H16N2O5S. The zero-order valence-electron chi connectivity index (χ0n) is 13.1. The van der Waals surface area contributed by atoms with Crippen LogP contribution in [0.5, 0.6) is 5.75 Å². The number of ketones is 1. The van der Waals surface area contributed by atoms with Crippen LogP contribution in [-0.2, 0) is 10.0 Å². The standard InChI is InChI=1S/C16H16N2O5S/c1-11(19)12-5-9-15(10-6-12)24(21,22)18-17-16(20)13-3-7-14(23-2)8-4-13/h3-10,18H,1-2H3,(H,17,20). The third-order valence-corrected chi connectivity index (χ3v) is 4.49. The highest BCUT2D eigenvalue weighted by molar-refractivity contribution is 7.89. The minimum atomic E-state index is -3.94. The zero-order valence-corrected chi connectivity index (χ0v) is 13.9. The van der Waals surface area contributed by atoms with E-state index in [1.54, 1.807) is 12.1 Å². The third-order valence-electron chi connectivity index (χ3n) is 3.22. The minimum Gasteiger partial charge on any atom is -0.497 e. The Morgan fingerprint density at radius 3 is 1.96 bits per heavy atom. The molecule has 0 fully saturated rings. The lowest BCUT2D eigenvalue weighted by atomic mass is 10.2. The van der Waals surface area contributed by atoms with Crippen LogP contribution in [0.1, 0.15) is 27.6 Å². The molecule has 1 amide bonds. The molecular weight excluding hydrogens is 332 g/mol. The number of carbonyl (C=O) groups excluding carboxylic acids is 2. The van der Waals surface area contributed by atoms with Gasteiger partial charge in [0.15, 0.2) is 5.78 Å². The summed E-state index contributed by atoms with van der Waals surface area (Å²) in [5.41, 5.74) is 2.80. The van der Waals surface area contributed by atoms with Crippen molar-refractivity contribution in [1.82, 2.24) is 10.3 Å². The van der Waals surface area contributed by atoms with Crippen LogP contribution in [0.25, 0.3) is 0 Å². The van der Waals surface area contributed by atoms with E-state index in [-0.39, 0.29) is 16.2 Å². The molecule has 0 aromatic heterocycles. The van der Waals surface area contributed by atoms with Gasteiger partial charge >= 0.3 is 0 Å². The molecule has 0 aliphatic carbocycles. The second-order valence-electron chi connectivity index (χ2n) is 4.87. The van der Waals surface area contributed by atoms with Gasteiger partial charge in [0, 0.05) is 11.1 Å². The molecule has 0 atom stereocenters. The van der Waals surface area contributed by atoms with Gasteiger partial charge in [-0.3, -0.25) is 15.0 Å². The van der Waals surface area contributed by atoms with Gasteiger partial charge in [-0.25, -0.2) is 8.42 Å². The minimum absolute atomic E-state index is 0.0671. The summed E-state index contributed by atoms with van der Waals surface area (Å²) in [6.07, 6.45) is 0. The van der Waals surface area contributed by atoms with E-state index in [4.69, 9.17) is 4.74 Å². The number of carbonyl (C=O) groups is 2. The molecule has 0 saturated carbocycles. The van der Waals surface area contributed by atoms with Crippen molar-refractivity contribution in [3.8, 4) is 5.75 Å². The first kappa shape index (κ1) is 17.6. The van der Waals surface area contributed by atoms with Gasteiger partial charge in [0.05, 0.1) is 12.0 Å². The Kier molecular flexibility index (Phi) is 5.32. The molecule has 0 heterocycles. The molecule has 2 rings (SSSR count). The molecule has 126 valence electrons. The van der Waals surface area contributed by atoms with Gasteiger partial charge in [-0.15, -0.1) is 4.83 Å². The van der Waals surface area contributed by atoms with Gasteiger partial charge in [-0.05, 0) is 43.3 Å². The van der Waals surface area contributed by atoms with Crippen LogP contribution in [0.4, 0.5) is 0 Å². The van der Waals surface area contributed by atoms with E-state index in [1.807, 2.05) is 4.83 Å². The summed E-state index contributed by atoms with van der Waals surface area (Å²) in [5, 5.41) is 0. The number of rotatable bonds is 6. The predicted molar refractivity (Wildman–Crippen MR) is 87.2 cm³/mol. The summed E-state index contributed by atoms with van der Waals surface area (Å²) in [7, 11) is -2.44. The van der Waals surface area contributed by atoms with Crippen LogP contribution in [0, 0.1) is 0 Å². The van der Waals surface area contributed by atoms with Crippen LogP contribution >= 0.6 is 0 Å². The lowest BCUT2D eigenvalue weighted by Gasteiger charge is -2.09. The van der Waals surface area contributed by atoms with Crippen LogP contribution in [0.15, 0.2) is 53.4 Å². The Labute approximate surface area is 139 Å². The van der Waals surface area contributed by atoms with Crippen molar-refractivity contribution < 1.29 is 22.7 Å². The van der Waals surface area contributed by atoms with Gasteiger partial charge in [0.25, 0.3) is 15.9 Å². The van der Waals surface area contributed by atoms with Crippen LogP contribution < -0.4 is 15.0 Å². The van der Waals surface area contributed by atoms with Gasteiger partial charge in [-0.2, -0.15) is 0 Å². The molecule has 2 aromatic rings.